The maximum Gasteiger partial charge on any atom is 0.264 e. The van der Waals surface area contributed by atoms with Crippen LogP contribution in [-0.2, 0) is 10.0 Å². The summed E-state index contributed by atoms with van der Waals surface area (Å²) in [5.41, 5.74) is 0. The van der Waals surface area contributed by atoms with Crippen LogP contribution in [0.5, 0.6) is 0 Å². The van der Waals surface area contributed by atoms with Gasteiger partial charge in [0.05, 0.1) is 9.77 Å². The first-order valence-electron chi connectivity index (χ1n) is 8.49. The molecule has 2 heterocycles. The summed E-state index contributed by atoms with van der Waals surface area (Å²) >= 11 is 1.25. The van der Waals surface area contributed by atoms with Crippen molar-refractivity contribution >= 4 is 37.4 Å². The number of rotatable bonds is 3. The molecule has 4 rings (SSSR count). The van der Waals surface area contributed by atoms with Gasteiger partial charge in [0.1, 0.15) is 5.82 Å². The number of carbonyl (C=O) groups excluding carboxylic acids is 1. The highest BCUT2D eigenvalue weighted by atomic mass is 32.2. The minimum atomic E-state index is -3.55. The molecule has 1 aliphatic rings. The van der Waals surface area contributed by atoms with Crippen LogP contribution in [0.25, 0.3) is 10.1 Å². The molecule has 3 aromatic rings. The maximum atomic E-state index is 13.9. The molecule has 1 saturated heterocycles. The van der Waals surface area contributed by atoms with Gasteiger partial charge in [-0.3, -0.25) is 4.79 Å². The van der Waals surface area contributed by atoms with Crippen molar-refractivity contribution in [1.82, 2.24) is 9.21 Å². The van der Waals surface area contributed by atoms with Crippen molar-refractivity contribution in [2.75, 3.05) is 26.2 Å². The van der Waals surface area contributed by atoms with E-state index in [4.69, 9.17) is 0 Å². The van der Waals surface area contributed by atoms with E-state index in [1.54, 1.807) is 53.4 Å². The van der Waals surface area contributed by atoms with Crippen LogP contribution >= 0.6 is 11.3 Å². The molecule has 8 heteroatoms. The molecule has 0 saturated carbocycles. The lowest BCUT2D eigenvalue weighted by molar-refractivity contribution is 0.0703. The molecule has 0 unspecified atom stereocenters. The third-order valence-electron chi connectivity index (χ3n) is 4.63. The number of piperazine rings is 1. The van der Waals surface area contributed by atoms with Gasteiger partial charge in [-0.05, 0) is 30.3 Å². The first-order chi connectivity index (χ1) is 13.0. The summed E-state index contributed by atoms with van der Waals surface area (Å²) < 4.78 is 41.3. The molecule has 0 bridgehead atoms. The van der Waals surface area contributed by atoms with Gasteiger partial charge in [0, 0.05) is 36.3 Å². The molecule has 0 aliphatic carbocycles. The molecule has 5 nitrogen and oxygen atoms in total. The van der Waals surface area contributed by atoms with E-state index < -0.39 is 10.0 Å². The van der Waals surface area contributed by atoms with E-state index in [1.165, 1.54) is 21.7 Å². The summed E-state index contributed by atoms with van der Waals surface area (Å²) in [5, 5.41) is 0.441. The van der Waals surface area contributed by atoms with Gasteiger partial charge in [0.2, 0.25) is 10.0 Å². The first kappa shape index (κ1) is 18.1. The Labute approximate surface area is 160 Å². The number of nitrogens with zero attached hydrogens (tertiary/aromatic N) is 2. The zero-order chi connectivity index (χ0) is 19.0. The van der Waals surface area contributed by atoms with Gasteiger partial charge in [-0.15, -0.1) is 11.3 Å². The fraction of sp³-hybridized carbons (Fsp3) is 0.211. The molecule has 2 aromatic carbocycles. The number of carbonyl (C=O) groups is 1. The number of amides is 1. The van der Waals surface area contributed by atoms with Gasteiger partial charge in [0.15, 0.2) is 0 Å². The number of hydrogen-bond acceptors (Lipinski definition) is 4. The van der Waals surface area contributed by atoms with E-state index in [0.29, 0.717) is 23.4 Å². The van der Waals surface area contributed by atoms with Crippen molar-refractivity contribution in [3.05, 3.63) is 65.3 Å². The van der Waals surface area contributed by atoms with Crippen molar-refractivity contribution in [3.63, 3.8) is 0 Å². The van der Waals surface area contributed by atoms with Gasteiger partial charge in [-0.25, -0.2) is 12.8 Å². The number of sulfonamides is 1. The van der Waals surface area contributed by atoms with Gasteiger partial charge >= 0.3 is 0 Å². The first-order valence-corrected chi connectivity index (χ1v) is 10.7. The molecule has 1 aliphatic heterocycles. The topological polar surface area (TPSA) is 57.7 Å². The third kappa shape index (κ3) is 3.36. The highest BCUT2D eigenvalue weighted by Crippen LogP contribution is 2.29. The summed E-state index contributed by atoms with van der Waals surface area (Å²) in [5.74, 6) is -0.533. The van der Waals surface area contributed by atoms with Crippen LogP contribution in [0.4, 0.5) is 4.39 Å². The fourth-order valence-electron chi connectivity index (χ4n) is 3.16. The largest absolute Gasteiger partial charge is 0.335 e. The van der Waals surface area contributed by atoms with E-state index >= 15 is 0 Å². The molecule has 1 aromatic heterocycles. The average molecular weight is 404 g/mol. The summed E-state index contributed by atoms with van der Waals surface area (Å²) in [6.07, 6.45) is 0. The molecule has 140 valence electrons. The molecule has 0 spiro atoms. The molecule has 0 atom stereocenters. The van der Waals surface area contributed by atoms with E-state index in [2.05, 4.69) is 0 Å². The van der Waals surface area contributed by atoms with Crippen LogP contribution in [0, 0.1) is 5.82 Å². The third-order valence-corrected chi connectivity index (χ3v) is 7.63. The smallest absolute Gasteiger partial charge is 0.264 e. The Morgan fingerprint density at radius 1 is 0.963 bits per heavy atom. The summed E-state index contributed by atoms with van der Waals surface area (Å²) in [4.78, 5) is 15.1. The van der Waals surface area contributed by atoms with Gasteiger partial charge < -0.3 is 4.90 Å². The predicted octanol–water partition coefficient (Wildman–Crippen LogP) is 3.19. The Balaban J connectivity index is 1.48. The van der Waals surface area contributed by atoms with Crippen LogP contribution in [0.15, 0.2) is 59.5 Å². The van der Waals surface area contributed by atoms with Crippen LogP contribution in [0.3, 0.4) is 0 Å². The molecule has 27 heavy (non-hydrogen) atoms. The van der Waals surface area contributed by atoms with Crippen LogP contribution < -0.4 is 0 Å². The van der Waals surface area contributed by atoms with Gasteiger partial charge in [-0.2, -0.15) is 4.31 Å². The van der Waals surface area contributed by atoms with Crippen molar-refractivity contribution < 1.29 is 17.6 Å². The van der Waals surface area contributed by atoms with E-state index in [-0.39, 0.29) is 29.7 Å². The summed E-state index contributed by atoms with van der Waals surface area (Å²) in [6.45, 7) is 1.09. The summed E-state index contributed by atoms with van der Waals surface area (Å²) in [6, 6.07) is 14.6. The zero-order valence-electron chi connectivity index (χ0n) is 14.3. The lowest BCUT2D eigenvalue weighted by atomic mass is 10.2. The van der Waals surface area contributed by atoms with Crippen molar-refractivity contribution in [2.45, 2.75) is 4.90 Å². The Kier molecular flexibility index (Phi) is 4.71. The second kappa shape index (κ2) is 7.03. The Morgan fingerprint density at radius 2 is 1.67 bits per heavy atom. The number of hydrogen-bond donors (Lipinski definition) is 0. The van der Waals surface area contributed by atoms with Crippen LogP contribution in [0.2, 0.25) is 0 Å². The maximum absolute atomic E-state index is 13.9. The Hall–Kier alpha value is -2.29. The molecular weight excluding hydrogens is 387 g/mol. The van der Waals surface area contributed by atoms with Crippen molar-refractivity contribution in [2.24, 2.45) is 0 Å². The average Bonchev–Trinajstić information content (AvgIpc) is 3.14. The monoisotopic (exact) mass is 404 g/mol. The zero-order valence-corrected chi connectivity index (χ0v) is 16.0. The minimum Gasteiger partial charge on any atom is -0.335 e. The second-order valence-electron chi connectivity index (χ2n) is 6.27. The standard InChI is InChI=1S/C19H17FN2O3S2/c20-16-7-4-8-17-15(16)13-18(26-17)19(23)21-9-11-22(12-10-21)27(24,25)14-5-2-1-3-6-14/h1-8,13H,9-12H2. The van der Waals surface area contributed by atoms with Gasteiger partial charge in [-0.1, -0.05) is 24.3 Å². The molecule has 0 N–H and O–H groups in total. The summed E-state index contributed by atoms with van der Waals surface area (Å²) in [7, 11) is -3.55. The normalized spacial score (nSPS) is 16.0. The molecule has 0 radical (unpaired) electrons. The quantitative estimate of drug-likeness (QED) is 0.674. The minimum absolute atomic E-state index is 0.188. The van der Waals surface area contributed by atoms with Crippen molar-refractivity contribution in [1.29, 1.82) is 0 Å². The Bertz CT molecular complexity index is 1090. The highest BCUT2D eigenvalue weighted by molar-refractivity contribution is 7.89. The lowest BCUT2D eigenvalue weighted by Gasteiger charge is -2.33. The SMILES string of the molecule is O=C(c1cc2c(F)cccc2s1)N1CCN(S(=O)(=O)c2ccccc2)CC1. The highest BCUT2D eigenvalue weighted by Gasteiger charge is 2.30. The van der Waals surface area contributed by atoms with Crippen LogP contribution in [-0.4, -0.2) is 49.7 Å². The van der Waals surface area contributed by atoms with Crippen LogP contribution in [0.1, 0.15) is 9.67 Å². The molecule has 1 fully saturated rings. The van der Waals surface area contributed by atoms with E-state index in [1.807, 2.05) is 0 Å². The van der Waals surface area contributed by atoms with E-state index in [0.717, 1.165) is 4.70 Å². The Morgan fingerprint density at radius 3 is 2.33 bits per heavy atom. The van der Waals surface area contributed by atoms with E-state index in [9.17, 15) is 17.6 Å². The predicted molar refractivity (Wildman–Crippen MR) is 103 cm³/mol. The number of benzene rings is 2. The number of halogens is 1. The second-order valence-corrected chi connectivity index (χ2v) is 9.29. The van der Waals surface area contributed by atoms with Gasteiger partial charge in [0.25, 0.3) is 5.91 Å². The fourth-order valence-corrected chi connectivity index (χ4v) is 5.65. The number of thiophene rings is 1. The molecular formula is C19H17FN2O3S2. The lowest BCUT2D eigenvalue weighted by Crippen LogP contribution is -2.50. The number of fused-ring (bicyclic) bond motifs is 1. The van der Waals surface area contributed by atoms with Crippen molar-refractivity contribution in [3.8, 4) is 0 Å². The molecule has 1 amide bonds.